The summed E-state index contributed by atoms with van der Waals surface area (Å²) in [7, 11) is 0. The van der Waals surface area contributed by atoms with E-state index in [0.717, 1.165) is 37.8 Å². The van der Waals surface area contributed by atoms with Crippen LogP contribution in [-0.2, 0) is 12.8 Å². The van der Waals surface area contributed by atoms with Crippen LogP contribution in [0.15, 0.2) is 42.9 Å². The number of aliphatic hydroxyl groups is 1. The molecule has 0 amide bonds. The molecule has 0 radical (unpaired) electrons. The first-order valence-electron chi connectivity index (χ1n) is 7.57. The Kier molecular flexibility index (Phi) is 4.16. The molecule has 0 aliphatic heterocycles. The van der Waals surface area contributed by atoms with Gasteiger partial charge in [0.1, 0.15) is 0 Å². The second-order valence-corrected chi connectivity index (χ2v) is 5.72. The maximum atomic E-state index is 10.1. The summed E-state index contributed by atoms with van der Waals surface area (Å²) in [5.41, 5.74) is 2.46. The van der Waals surface area contributed by atoms with Gasteiger partial charge in [0, 0.05) is 6.20 Å². The Labute approximate surface area is 120 Å². The van der Waals surface area contributed by atoms with Crippen molar-refractivity contribution in [3.63, 3.8) is 0 Å². The smallest absolute Gasteiger partial charge is 0.0952 e. The SMILES string of the molecule is O[C@H]1CCCC[C@H]1n1cnc(CCc2ccccc2)c1. The van der Waals surface area contributed by atoms with Crippen molar-refractivity contribution in [2.24, 2.45) is 0 Å². The van der Waals surface area contributed by atoms with Crippen molar-refractivity contribution in [1.29, 1.82) is 0 Å². The van der Waals surface area contributed by atoms with E-state index in [-0.39, 0.29) is 12.1 Å². The Morgan fingerprint density at radius 3 is 2.70 bits per heavy atom. The first-order valence-corrected chi connectivity index (χ1v) is 7.57. The van der Waals surface area contributed by atoms with Gasteiger partial charge in [0.15, 0.2) is 0 Å². The molecule has 1 aliphatic rings. The molecule has 106 valence electrons. The lowest BCUT2D eigenvalue weighted by Crippen LogP contribution is -2.26. The minimum Gasteiger partial charge on any atom is -0.391 e. The molecule has 2 atom stereocenters. The van der Waals surface area contributed by atoms with Gasteiger partial charge in [-0.1, -0.05) is 43.2 Å². The topological polar surface area (TPSA) is 38.0 Å². The molecule has 3 heteroatoms. The van der Waals surface area contributed by atoms with Crippen LogP contribution in [0.3, 0.4) is 0 Å². The van der Waals surface area contributed by atoms with E-state index in [0.29, 0.717) is 0 Å². The molecular weight excluding hydrogens is 248 g/mol. The van der Waals surface area contributed by atoms with E-state index < -0.39 is 0 Å². The first kappa shape index (κ1) is 13.4. The minimum atomic E-state index is -0.208. The zero-order valence-electron chi connectivity index (χ0n) is 11.8. The van der Waals surface area contributed by atoms with Crippen molar-refractivity contribution < 1.29 is 5.11 Å². The summed E-state index contributed by atoms with van der Waals surface area (Å²) in [4.78, 5) is 4.49. The average molecular weight is 270 g/mol. The van der Waals surface area contributed by atoms with E-state index in [9.17, 15) is 5.11 Å². The summed E-state index contributed by atoms with van der Waals surface area (Å²) in [5.74, 6) is 0. The van der Waals surface area contributed by atoms with Crippen LogP contribution < -0.4 is 0 Å². The van der Waals surface area contributed by atoms with Crippen molar-refractivity contribution >= 4 is 0 Å². The lowest BCUT2D eigenvalue weighted by molar-refractivity contribution is 0.0754. The van der Waals surface area contributed by atoms with E-state index in [4.69, 9.17) is 0 Å². The quantitative estimate of drug-likeness (QED) is 0.927. The number of aryl methyl sites for hydroxylation is 2. The molecule has 1 fully saturated rings. The van der Waals surface area contributed by atoms with Crippen molar-refractivity contribution in [2.75, 3.05) is 0 Å². The molecule has 1 aromatic carbocycles. The monoisotopic (exact) mass is 270 g/mol. The molecule has 1 N–H and O–H groups in total. The molecule has 1 saturated carbocycles. The second kappa shape index (κ2) is 6.23. The fourth-order valence-electron chi connectivity index (χ4n) is 3.05. The number of imidazole rings is 1. The van der Waals surface area contributed by atoms with E-state index >= 15 is 0 Å². The lowest BCUT2D eigenvalue weighted by atomic mass is 9.92. The first-order chi connectivity index (χ1) is 9.83. The highest BCUT2D eigenvalue weighted by atomic mass is 16.3. The molecule has 3 nitrogen and oxygen atoms in total. The molecule has 2 aromatic rings. The van der Waals surface area contributed by atoms with Crippen molar-refractivity contribution in [3.05, 3.63) is 54.1 Å². The number of rotatable bonds is 4. The van der Waals surface area contributed by atoms with E-state index in [1.54, 1.807) is 0 Å². The van der Waals surface area contributed by atoms with Crippen LogP contribution in [0.1, 0.15) is 43.0 Å². The Balaban J connectivity index is 1.62. The minimum absolute atomic E-state index is 0.208. The molecule has 1 aliphatic carbocycles. The molecule has 0 unspecified atom stereocenters. The van der Waals surface area contributed by atoms with Crippen molar-refractivity contribution in [1.82, 2.24) is 9.55 Å². The molecule has 0 bridgehead atoms. The van der Waals surface area contributed by atoms with Gasteiger partial charge in [-0.2, -0.15) is 0 Å². The van der Waals surface area contributed by atoms with Crippen LogP contribution in [0.25, 0.3) is 0 Å². The number of benzene rings is 1. The van der Waals surface area contributed by atoms with Crippen LogP contribution in [0.4, 0.5) is 0 Å². The molecule has 0 spiro atoms. The van der Waals surface area contributed by atoms with Crippen LogP contribution in [-0.4, -0.2) is 20.8 Å². The van der Waals surface area contributed by atoms with Gasteiger partial charge in [0.25, 0.3) is 0 Å². The summed E-state index contributed by atoms with van der Waals surface area (Å²) in [6.45, 7) is 0. The number of nitrogens with zero attached hydrogens (tertiary/aromatic N) is 2. The Morgan fingerprint density at radius 2 is 1.90 bits per heavy atom. The predicted molar refractivity (Wildman–Crippen MR) is 79.6 cm³/mol. The maximum Gasteiger partial charge on any atom is 0.0952 e. The highest BCUT2D eigenvalue weighted by Gasteiger charge is 2.24. The molecule has 1 heterocycles. The second-order valence-electron chi connectivity index (χ2n) is 5.72. The van der Waals surface area contributed by atoms with Gasteiger partial charge in [0.05, 0.1) is 24.2 Å². The predicted octanol–water partition coefficient (Wildman–Crippen LogP) is 3.14. The van der Waals surface area contributed by atoms with Crippen LogP contribution in [0.2, 0.25) is 0 Å². The summed E-state index contributed by atoms with van der Waals surface area (Å²) >= 11 is 0. The standard InChI is InChI=1S/C17H22N2O/c20-17-9-5-4-8-16(17)19-12-15(18-13-19)11-10-14-6-2-1-3-7-14/h1-3,6-7,12-13,16-17,20H,4-5,8-11H2/t16-,17+/m1/s1. The zero-order valence-corrected chi connectivity index (χ0v) is 11.8. The van der Waals surface area contributed by atoms with Crippen molar-refractivity contribution in [2.45, 2.75) is 50.7 Å². The van der Waals surface area contributed by atoms with Gasteiger partial charge >= 0.3 is 0 Å². The van der Waals surface area contributed by atoms with Gasteiger partial charge in [-0.05, 0) is 31.2 Å². The Hall–Kier alpha value is -1.61. The number of aromatic nitrogens is 2. The third-order valence-corrected chi connectivity index (χ3v) is 4.24. The summed E-state index contributed by atoms with van der Waals surface area (Å²) in [6.07, 6.45) is 10.1. The summed E-state index contributed by atoms with van der Waals surface area (Å²) < 4.78 is 2.12. The molecule has 20 heavy (non-hydrogen) atoms. The average Bonchev–Trinajstić information content (AvgIpc) is 2.95. The fraction of sp³-hybridized carbons (Fsp3) is 0.471. The van der Waals surface area contributed by atoms with Gasteiger partial charge in [-0.15, -0.1) is 0 Å². The van der Waals surface area contributed by atoms with E-state index in [2.05, 4.69) is 40.0 Å². The van der Waals surface area contributed by atoms with Crippen LogP contribution >= 0.6 is 0 Å². The highest BCUT2D eigenvalue weighted by molar-refractivity contribution is 5.16. The largest absolute Gasteiger partial charge is 0.391 e. The van der Waals surface area contributed by atoms with Crippen LogP contribution in [0, 0.1) is 0 Å². The van der Waals surface area contributed by atoms with Crippen LogP contribution in [0.5, 0.6) is 0 Å². The molecule has 1 aromatic heterocycles. The normalized spacial score (nSPS) is 22.9. The van der Waals surface area contributed by atoms with E-state index in [1.165, 1.54) is 12.0 Å². The van der Waals surface area contributed by atoms with E-state index in [1.807, 2.05) is 12.4 Å². The van der Waals surface area contributed by atoms with Gasteiger partial charge in [-0.25, -0.2) is 4.98 Å². The summed E-state index contributed by atoms with van der Waals surface area (Å²) in [5, 5.41) is 10.1. The van der Waals surface area contributed by atoms with Gasteiger partial charge in [-0.3, -0.25) is 0 Å². The third-order valence-electron chi connectivity index (χ3n) is 4.24. The molecule has 0 saturated heterocycles. The van der Waals surface area contributed by atoms with Gasteiger partial charge in [0.2, 0.25) is 0 Å². The zero-order chi connectivity index (χ0) is 13.8. The third kappa shape index (κ3) is 3.10. The molecular formula is C17H22N2O. The summed E-state index contributed by atoms with van der Waals surface area (Å²) in [6, 6.07) is 10.7. The number of hydrogen-bond donors (Lipinski definition) is 1. The highest BCUT2D eigenvalue weighted by Crippen LogP contribution is 2.28. The lowest BCUT2D eigenvalue weighted by Gasteiger charge is -2.28. The Morgan fingerprint density at radius 1 is 1.10 bits per heavy atom. The number of aliphatic hydroxyl groups excluding tert-OH is 1. The Bertz CT molecular complexity index is 535. The van der Waals surface area contributed by atoms with Gasteiger partial charge < -0.3 is 9.67 Å². The fourth-order valence-corrected chi connectivity index (χ4v) is 3.05. The van der Waals surface area contributed by atoms with Crippen molar-refractivity contribution in [3.8, 4) is 0 Å². The maximum absolute atomic E-state index is 10.1. The molecule has 3 rings (SSSR count). The number of hydrogen-bond acceptors (Lipinski definition) is 2.